The molecule has 0 spiro atoms. The van der Waals surface area contributed by atoms with E-state index < -0.39 is 23.5 Å². The summed E-state index contributed by atoms with van der Waals surface area (Å²) in [5.41, 5.74) is -0.187. The predicted octanol–water partition coefficient (Wildman–Crippen LogP) is 5.61. The topological polar surface area (TPSA) is 12.0 Å². The van der Waals surface area contributed by atoms with E-state index >= 15 is 0 Å². The van der Waals surface area contributed by atoms with Crippen molar-refractivity contribution in [3.63, 3.8) is 0 Å². The van der Waals surface area contributed by atoms with E-state index in [0.29, 0.717) is 11.1 Å². The average Bonchev–Trinajstić information content (AvgIpc) is 3.08. The molecule has 140 valence electrons. The van der Waals surface area contributed by atoms with Gasteiger partial charge in [0.15, 0.2) is 0 Å². The van der Waals surface area contributed by atoms with E-state index in [1.54, 1.807) is 0 Å². The van der Waals surface area contributed by atoms with Crippen molar-refractivity contribution in [1.82, 2.24) is 5.32 Å². The lowest BCUT2D eigenvalue weighted by Gasteiger charge is -2.25. The number of nitrogens with one attached hydrogen (secondary N) is 1. The third-order valence-corrected chi connectivity index (χ3v) is 4.70. The van der Waals surface area contributed by atoms with Gasteiger partial charge < -0.3 is 5.32 Å². The molecule has 0 amide bonds. The van der Waals surface area contributed by atoms with Crippen LogP contribution in [-0.2, 0) is 12.4 Å². The van der Waals surface area contributed by atoms with Crippen LogP contribution in [0.5, 0.6) is 0 Å². The average molecular weight is 373 g/mol. The van der Waals surface area contributed by atoms with Gasteiger partial charge >= 0.3 is 12.4 Å². The fourth-order valence-corrected chi connectivity index (χ4v) is 3.41. The van der Waals surface area contributed by atoms with Gasteiger partial charge in [-0.1, -0.05) is 24.3 Å². The summed E-state index contributed by atoms with van der Waals surface area (Å²) >= 11 is 0. The highest BCUT2D eigenvalue weighted by atomic mass is 19.4. The van der Waals surface area contributed by atoms with Crippen LogP contribution in [0, 0.1) is 0 Å². The standard InChI is InChI=1S/C19H17F6N/c20-18(21,22)14-7-3-12(4-8-14)17(16-2-1-11-26-16)13-5-9-15(10-6-13)19(23,24)25/h3-10,16-17,26H,1-2,11H2. The van der Waals surface area contributed by atoms with Crippen molar-refractivity contribution >= 4 is 0 Å². The van der Waals surface area contributed by atoms with Gasteiger partial charge in [-0.3, -0.25) is 0 Å². The molecule has 0 radical (unpaired) electrons. The Balaban J connectivity index is 1.95. The summed E-state index contributed by atoms with van der Waals surface area (Å²) in [6.45, 7) is 0.780. The number of halogens is 6. The highest BCUT2D eigenvalue weighted by Crippen LogP contribution is 2.36. The van der Waals surface area contributed by atoms with E-state index in [-0.39, 0.29) is 12.0 Å². The van der Waals surface area contributed by atoms with Gasteiger partial charge in [0.25, 0.3) is 0 Å². The molecule has 0 aromatic heterocycles. The van der Waals surface area contributed by atoms with Gasteiger partial charge in [-0.2, -0.15) is 26.3 Å². The number of hydrogen-bond donors (Lipinski definition) is 1. The first-order chi connectivity index (χ1) is 12.2. The number of alkyl halides is 6. The van der Waals surface area contributed by atoms with E-state index in [9.17, 15) is 26.3 Å². The Kier molecular flexibility index (Phi) is 5.01. The van der Waals surface area contributed by atoms with Crippen molar-refractivity contribution in [2.75, 3.05) is 6.54 Å². The lowest BCUT2D eigenvalue weighted by atomic mass is 9.83. The number of rotatable bonds is 3. The SMILES string of the molecule is FC(F)(F)c1ccc(C(c2ccc(C(F)(F)F)cc2)C2CCCN2)cc1. The third kappa shape index (κ3) is 4.03. The molecule has 1 heterocycles. The summed E-state index contributed by atoms with van der Waals surface area (Å²) in [4.78, 5) is 0. The molecule has 1 aliphatic rings. The molecule has 1 saturated heterocycles. The predicted molar refractivity (Wildman–Crippen MR) is 85.8 cm³/mol. The summed E-state index contributed by atoms with van der Waals surface area (Å²) in [5, 5.41) is 3.30. The molecule has 2 aromatic rings. The van der Waals surface area contributed by atoms with Crippen LogP contribution in [0.25, 0.3) is 0 Å². The highest BCUT2D eigenvalue weighted by molar-refractivity contribution is 5.38. The van der Waals surface area contributed by atoms with Crippen molar-refractivity contribution in [3.05, 3.63) is 70.8 Å². The quantitative estimate of drug-likeness (QED) is 0.690. The monoisotopic (exact) mass is 373 g/mol. The van der Waals surface area contributed by atoms with E-state index in [2.05, 4.69) is 5.32 Å². The van der Waals surface area contributed by atoms with Crippen molar-refractivity contribution < 1.29 is 26.3 Å². The first kappa shape index (κ1) is 18.8. The van der Waals surface area contributed by atoms with Gasteiger partial charge in [-0.25, -0.2) is 0 Å². The molecule has 1 N–H and O–H groups in total. The molecule has 1 unspecified atom stereocenters. The third-order valence-electron chi connectivity index (χ3n) is 4.70. The summed E-state index contributed by atoms with van der Waals surface area (Å²) < 4.78 is 76.7. The zero-order valence-electron chi connectivity index (χ0n) is 13.7. The normalized spacial score (nSPS) is 18.5. The molecule has 7 heteroatoms. The molecular formula is C19H17F6N. The van der Waals surface area contributed by atoms with Crippen molar-refractivity contribution in [3.8, 4) is 0 Å². The van der Waals surface area contributed by atoms with Crippen LogP contribution in [0.4, 0.5) is 26.3 Å². The molecule has 26 heavy (non-hydrogen) atoms. The van der Waals surface area contributed by atoms with Crippen LogP contribution in [0.3, 0.4) is 0 Å². The second-order valence-electron chi connectivity index (χ2n) is 6.42. The number of benzene rings is 2. The van der Waals surface area contributed by atoms with Gasteiger partial charge in [0.1, 0.15) is 0 Å². The Labute approximate surface area is 147 Å². The molecule has 2 aromatic carbocycles. The Morgan fingerprint density at radius 1 is 0.731 bits per heavy atom. The molecule has 1 aliphatic heterocycles. The minimum Gasteiger partial charge on any atom is -0.313 e. The maximum atomic E-state index is 12.8. The van der Waals surface area contributed by atoms with Crippen LogP contribution in [0.15, 0.2) is 48.5 Å². The van der Waals surface area contributed by atoms with Gasteiger partial charge in [0.2, 0.25) is 0 Å². The van der Waals surface area contributed by atoms with Crippen LogP contribution in [-0.4, -0.2) is 12.6 Å². The fourth-order valence-electron chi connectivity index (χ4n) is 3.41. The Morgan fingerprint density at radius 2 is 1.15 bits per heavy atom. The van der Waals surface area contributed by atoms with Gasteiger partial charge in [-0.05, 0) is 54.8 Å². The molecule has 1 fully saturated rings. The number of hydrogen-bond acceptors (Lipinski definition) is 1. The fraction of sp³-hybridized carbons (Fsp3) is 0.368. The van der Waals surface area contributed by atoms with E-state index in [0.717, 1.165) is 43.7 Å². The van der Waals surface area contributed by atoms with Crippen molar-refractivity contribution in [1.29, 1.82) is 0 Å². The largest absolute Gasteiger partial charge is 0.416 e. The zero-order chi connectivity index (χ0) is 18.9. The molecule has 0 aliphatic carbocycles. The van der Waals surface area contributed by atoms with Crippen LogP contribution in [0.2, 0.25) is 0 Å². The van der Waals surface area contributed by atoms with Gasteiger partial charge in [0, 0.05) is 12.0 Å². The summed E-state index contributed by atoms with van der Waals surface area (Å²) in [6, 6.07) is 9.67. The summed E-state index contributed by atoms with van der Waals surface area (Å²) in [5.74, 6) is -0.304. The minimum absolute atomic E-state index is 0.0246. The Bertz CT molecular complexity index is 667. The highest BCUT2D eigenvalue weighted by Gasteiger charge is 2.33. The minimum atomic E-state index is -4.42. The molecule has 1 atom stereocenters. The van der Waals surface area contributed by atoms with E-state index in [1.165, 1.54) is 24.3 Å². The zero-order valence-corrected chi connectivity index (χ0v) is 13.7. The lowest BCUT2D eigenvalue weighted by Crippen LogP contribution is -2.29. The smallest absolute Gasteiger partial charge is 0.313 e. The van der Waals surface area contributed by atoms with Crippen LogP contribution >= 0.6 is 0 Å². The van der Waals surface area contributed by atoms with E-state index in [1.807, 2.05) is 0 Å². The molecule has 0 bridgehead atoms. The van der Waals surface area contributed by atoms with Crippen LogP contribution in [0.1, 0.15) is 41.0 Å². The van der Waals surface area contributed by atoms with Crippen molar-refractivity contribution in [2.45, 2.75) is 37.2 Å². The lowest BCUT2D eigenvalue weighted by molar-refractivity contribution is -0.138. The first-order valence-corrected chi connectivity index (χ1v) is 8.24. The first-order valence-electron chi connectivity index (χ1n) is 8.24. The summed E-state index contributed by atoms with van der Waals surface area (Å²) in [7, 11) is 0. The van der Waals surface area contributed by atoms with E-state index in [4.69, 9.17) is 0 Å². The second kappa shape index (κ2) is 6.95. The Morgan fingerprint density at radius 3 is 1.46 bits per heavy atom. The summed E-state index contributed by atoms with van der Waals surface area (Å²) in [6.07, 6.45) is -7.11. The van der Waals surface area contributed by atoms with Crippen LogP contribution < -0.4 is 5.32 Å². The molecule has 3 rings (SSSR count). The van der Waals surface area contributed by atoms with Crippen molar-refractivity contribution in [2.24, 2.45) is 0 Å². The van der Waals surface area contributed by atoms with Gasteiger partial charge in [0.05, 0.1) is 11.1 Å². The molecular weight excluding hydrogens is 356 g/mol. The van der Waals surface area contributed by atoms with Gasteiger partial charge in [-0.15, -0.1) is 0 Å². The Hall–Kier alpha value is -2.02. The maximum Gasteiger partial charge on any atom is 0.416 e. The molecule has 0 saturated carbocycles. The second-order valence-corrected chi connectivity index (χ2v) is 6.42. The molecule has 1 nitrogen and oxygen atoms in total. The maximum absolute atomic E-state index is 12.8.